The van der Waals surface area contributed by atoms with Gasteiger partial charge in [0.1, 0.15) is 5.75 Å². The summed E-state index contributed by atoms with van der Waals surface area (Å²) in [5.74, 6) is 0.225. The minimum Gasteiger partial charge on any atom is -0.423 e. The van der Waals surface area contributed by atoms with Crippen molar-refractivity contribution >= 4 is 26.3 Å². The lowest BCUT2D eigenvalue weighted by Gasteiger charge is -2.05. The highest BCUT2D eigenvalue weighted by Gasteiger charge is 2.07. The maximum absolute atomic E-state index is 11.9. The van der Waals surface area contributed by atoms with E-state index in [0.29, 0.717) is 11.3 Å². The Morgan fingerprint density at radius 3 is 2.08 bits per heavy atom. The molecule has 3 aromatic carbocycles. The van der Waals surface area contributed by atoms with Crippen molar-refractivity contribution in [3.8, 4) is 5.75 Å². The first kappa shape index (κ1) is 16.0. The van der Waals surface area contributed by atoms with Gasteiger partial charge in [0.05, 0.1) is 15.1 Å². The number of benzene rings is 3. The molecule has 1 aliphatic rings. The van der Waals surface area contributed by atoms with Crippen LogP contribution in [0.4, 0.5) is 0 Å². The van der Waals surface area contributed by atoms with Gasteiger partial charge < -0.3 is 4.74 Å². The third kappa shape index (κ3) is 4.30. The van der Waals surface area contributed by atoms with E-state index in [1.807, 2.05) is 60.7 Å². The van der Waals surface area contributed by atoms with Gasteiger partial charge in [0.2, 0.25) is 0 Å². The molecule has 0 radical (unpaired) electrons. The quantitative estimate of drug-likeness (QED) is 0.399. The molecule has 0 fully saturated rings. The zero-order valence-corrected chi connectivity index (χ0v) is 14.7. The van der Waals surface area contributed by atoms with Gasteiger partial charge in [0.15, 0.2) is 0 Å². The number of carbonyl (C=O) groups excluding carboxylic acids is 1. The summed E-state index contributed by atoms with van der Waals surface area (Å²) in [4.78, 5) is 11.9. The van der Waals surface area contributed by atoms with Crippen molar-refractivity contribution in [2.75, 3.05) is 0 Å². The van der Waals surface area contributed by atoms with Gasteiger partial charge in [-0.3, -0.25) is 0 Å². The summed E-state index contributed by atoms with van der Waals surface area (Å²) in [6, 6.07) is 22.6. The van der Waals surface area contributed by atoms with E-state index >= 15 is 0 Å². The molecule has 1 aliphatic heterocycles. The van der Waals surface area contributed by atoms with Crippen LogP contribution in [-0.2, 0) is 0 Å². The molecule has 3 heteroatoms. The molecule has 0 saturated carbocycles. The molecule has 4 rings (SSSR count). The fourth-order valence-corrected chi connectivity index (χ4v) is 3.15. The molecular weight excluding hydrogens is 312 g/mol. The molecule has 0 N–H and O–H groups in total. The molecule has 3 aromatic rings. The van der Waals surface area contributed by atoms with Crippen LogP contribution in [0.3, 0.4) is 0 Å². The van der Waals surface area contributed by atoms with Crippen molar-refractivity contribution in [1.29, 1.82) is 0 Å². The van der Waals surface area contributed by atoms with E-state index in [1.54, 1.807) is 12.1 Å². The first-order valence-corrected chi connectivity index (χ1v) is 9.54. The lowest BCUT2D eigenvalue weighted by Crippen LogP contribution is -2.07. The highest BCUT2D eigenvalue weighted by Crippen LogP contribution is 2.21. The standard InChI is InChI=1S/C17H12O2.C4H6Si/c18-17(14-7-2-1-3-8-14)19-16-11-10-13-6-4-5-9-15(13)12-16;1-2-4-5-3-1/h1-12H;1-4H,5H2. The second-order valence-corrected chi connectivity index (χ2v) is 6.77. The van der Waals surface area contributed by atoms with Crippen molar-refractivity contribution in [3.63, 3.8) is 0 Å². The van der Waals surface area contributed by atoms with E-state index < -0.39 is 0 Å². The Kier molecular flexibility index (Phi) is 5.38. The van der Waals surface area contributed by atoms with Gasteiger partial charge in [-0.1, -0.05) is 72.1 Å². The molecule has 118 valence electrons. The predicted molar refractivity (Wildman–Crippen MR) is 102 cm³/mol. The number of hydrogen-bond donors (Lipinski definition) is 0. The third-order valence-corrected chi connectivity index (χ3v) is 4.69. The summed E-state index contributed by atoms with van der Waals surface area (Å²) in [5.41, 5.74) is 5.08. The lowest BCUT2D eigenvalue weighted by atomic mass is 10.1. The van der Waals surface area contributed by atoms with Crippen LogP contribution in [0.15, 0.2) is 96.3 Å². The molecule has 0 bridgehead atoms. The number of fused-ring (bicyclic) bond motifs is 1. The molecule has 0 saturated heterocycles. The van der Waals surface area contributed by atoms with Gasteiger partial charge in [0, 0.05) is 0 Å². The van der Waals surface area contributed by atoms with Gasteiger partial charge >= 0.3 is 5.97 Å². The van der Waals surface area contributed by atoms with E-state index in [2.05, 4.69) is 23.6 Å². The Morgan fingerprint density at radius 1 is 0.750 bits per heavy atom. The molecule has 0 unspecified atom stereocenters. The minimum atomic E-state index is -0.337. The Labute approximate surface area is 143 Å². The summed E-state index contributed by atoms with van der Waals surface area (Å²) >= 11 is 0. The monoisotopic (exact) mass is 330 g/mol. The van der Waals surface area contributed by atoms with E-state index in [4.69, 9.17) is 4.74 Å². The molecule has 24 heavy (non-hydrogen) atoms. The molecule has 0 amide bonds. The van der Waals surface area contributed by atoms with Crippen LogP contribution in [0.5, 0.6) is 5.75 Å². The van der Waals surface area contributed by atoms with Gasteiger partial charge in [-0.15, -0.1) is 0 Å². The number of carbonyl (C=O) groups is 1. The summed E-state index contributed by atoms with van der Waals surface area (Å²) in [6.07, 6.45) is 4.23. The maximum Gasteiger partial charge on any atom is 0.343 e. The Bertz CT molecular complexity index is 872. The van der Waals surface area contributed by atoms with Crippen LogP contribution < -0.4 is 4.74 Å². The minimum absolute atomic E-state index is 0.182. The summed E-state index contributed by atoms with van der Waals surface area (Å²) in [7, 11) is 0.182. The van der Waals surface area contributed by atoms with Crippen LogP contribution in [0.1, 0.15) is 10.4 Å². The SMILES string of the molecule is C1=C[SiH2]C=C1.O=C(Oc1ccc2ccccc2c1)c1ccccc1. The smallest absolute Gasteiger partial charge is 0.343 e. The average molecular weight is 330 g/mol. The van der Waals surface area contributed by atoms with Gasteiger partial charge in [-0.25, -0.2) is 4.79 Å². The second-order valence-electron chi connectivity index (χ2n) is 5.36. The fraction of sp³-hybridized carbons (Fsp3) is 0. The summed E-state index contributed by atoms with van der Waals surface area (Å²) < 4.78 is 5.37. The third-order valence-electron chi connectivity index (χ3n) is 3.60. The first-order valence-electron chi connectivity index (χ1n) is 7.90. The normalized spacial score (nSPS) is 11.8. The Balaban J connectivity index is 0.000000290. The topological polar surface area (TPSA) is 26.3 Å². The highest BCUT2D eigenvalue weighted by molar-refractivity contribution is 6.49. The van der Waals surface area contributed by atoms with Crippen LogP contribution in [-0.4, -0.2) is 15.5 Å². The van der Waals surface area contributed by atoms with Crippen LogP contribution >= 0.6 is 0 Å². The van der Waals surface area contributed by atoms with Crippen molar-refractivity contribution < 1.29 is 9.53 Å². The number of allylic oxidation sites excluding steroid dienone is 2. The van der Waals surface area contributed by atoms with Gasteiger partial charge in [0.25, 0.3) is 0 Å². The largest absolute Gasteiger partial charge is 0.423 e. The number of ether oxygens (including phenoxy) is 1. The average Bonchev–Trinajstić information content (AvgIpc) is 3.22. The fourth-order valence-electron chi connectivity index (χ4n) is 2.36. The molecule has 0 aliphatic carbocycles. The zero-order chi connectivity index (χ0) is 16.6. The van der Waals surface area contributed by atoms with E-state index in [9.17, 15) is 4.79 Å². The molecule has 1 heterocycles. The number of esters is 1. The van der Waals surface area contributed by atoms with Gasteiger partial charge in [-0.2, -0.15) is 0 Å². The van der Waals surface area contributed by atoms with E-state index in [1.165, 1.54) is 0 Å². The van der Waals surface area contributed by atoms with Crippen molar-refractivity contribution in [1.82, 2.24) is 0 Å². The lowest BCUT2D eigenvalue weighted by molar-refractivity contribution is 0.0735. The summed E-state index contributed by atoms with van der Waals surface area (Å²) in [5, 5.41) is 2.18. The Morgan fingerprint density at radius 2 is 1.42 bits per heavy atom. The highest BCUT2D eigenvalue weighted by atomic mass is 28.2. The zero-order valence-electron chi connectivity index (χ0n) is 13.3. The predicted octanol–water partition coefficient (Wildman–Crippen LogP) is 4.26. The van der Waals surface area contributed by atoms with Crippen LogP contribution in [0.2, 0.25) is 0 Å². The van der Waals surface area contributed by atoms with Crippen molar-refractivity contribution in [2.45, 2.75) is 0 Å². The molecule has 0 atom stereocenters. The maximum atomic E-state index is 11.9. The summed E-state index contributed by atoms with van der Waals surface area (Å²) in [6.45, 7) is 0. The van der Waals surface area contributed by atoms with E-state index in [-0.39, 0.29) is 15.5 Å². The second kappa shape index (κ2) is 8.08. The van der Waals surface area contributed by atoms with Crippen molar-refractivity contribution in [2.24, 2.45) is 0 Å². The van der Waals surface area contributed by atoms with Crippen molar-refractivity contribution in [3.05, 3.63) is 102 Å². The number of rotatable bonds is 2. The molecule has 0 aromatic heterocycles. The van der Waals surface area contributed by atoms with Gasteiger partial charge in [-0.05, 0) is 35.0 Å². The molecule has 2 nitrogen and oxygen atoms in total. The Hall–Kier alpha value is -2.91. The first-order chi connectivity index (χ1) is 11.8. The molecular formula is C21H18O2Si. The number of hydrogen-bond acceptors (Lipinski definition) is 2. The van der Waals surface area contributed by atoms with E-state index in [0.717, 1.165) is 10.8 Å². The molecule has 0 spiro atoms. The van der Waals surface area contributed by atoms with Crippen LogP contribution in [0, 0.1) is 0 Å². The van der Waals surface area contributed by atoms with Crippen LogP contribution in [0.25, 0.3) is 10.8 Å².